The summed E-state index contributed by atoms with van der Waals surface area (Å²) in [5.74, 6) is 0.174. The van der Waals surface area contributed by atoms with E-state index in [4.69, 9.17) is 4.42 Å². The minimum Gasteiger partial charge on any atom is -0.461 e. The van der Waals surface area contributed by atoms with Crippen LogP contribution in [0.1, 0.15) is 12.7 Å². The van der Waals surface area contributed by atoms with Crippen molar-refractivity contribution in [2.75, 3.05) is 0 Å². The topological polar surface area (TPSA) is 76.5 Å². The first-order valence-electron chi connectivity index (χ1n) is 5.68. The standard InChI is InChI=1S/C13H12FNO4/c1-8(16)4-12-2-3-13(19-12)9-5-10(14)7-11(6-9)15(17)18/h2-3,5-8,16H,4H2,1H3. The molecule has 2 rings (SSSR count). The Morgan fingerprint density at radius 2 is 2.16 bits per heavy atom. The highest BCUT2D eigenvalue weighted by Crippen LogP contribution is 2.27. The number of rotatable bonds is 4. The van der Waals surface area contributed by atoms with Crippen LogP contribution in [0.3, 0.4) is 0 Å². The number of non-ortho nitro benzene ring substituents is 1. The van der Waals surface area contributed by atoms with Gasteiger partial charge in [-0.2, -0.15) is 0 Å². The monoisotopic (exact) mass is 265 g/mol. The van der Waals surface area contributed by atoms with Gasteiger partial charge in [-0.05, 0) is 25.1 Å². The zero-order valence-corrected chi connectivity index (χ0v) is 10.2. The summed E-state index contributed by atoms with van der Waals surface area (Å²) in [5.41, 5.74) is -0.0352. The smallest absolute Gasteiger partial charge is 0.273 e. The van der Waals surface area contributed by atoms with Gasteiger partial charge in [0, 0.05) is 18.1 Å². The van der Waals surface area contributed by atoms with Crippen LogP contribution >= 0.6 is 0 Å². The average molecular weight is 265 g/mol. The molecule has 1 heterocycles. The summed E-state index contributed by atoms with van der Waals surface area (Å²) in [5, 5.41) is 19.9. The van der Waals surface area contributed by atoms with Crippen LogP contribution in [0, 0.1) is 15.9 Å². The van der Waals surface area contributed by atoms with Gasteiger partial charge >= 0.3 is 0 Å². The maximum absolute atomic E-state index is 13.3. The lowest BCUT2D eigenvalue weighted by atomic mass is 10.1. The fourth-order valence-corrected chi connectivity index (χ4v) is 1.76. The van der Waals surface area contributed by atoms with Crippen molar-refractivity contribution >= 4 is 5.69 Å². The van der Waals surface area contributed by atoms with E-state index in [2.05, 4.69) is 0 Å². The molecule has 1 atom stereocenters. The summed E-state index contributed by atoms with van der Waals surface area (Å²) >= 11 is 0. The van der Waals surface area contributed by atoms with Crippen LogP contribution in [-0.2, 0) is 6.42 Å². The Labute approximate surface area is 108 Å². The highest BCUT2D eigenvalue weighted by Gasteiger charge is 2.13. The number of hydrogen-bond acceptors (Lipinski definition) is 4. The summed E-state index contributed by atoms with van der Waals surface area (Å²) in [4.78, 5) is 10.0. The molecule has 0 spiro atoms. The molecule has 0 aliphatic carbocycles. The Hall–Kier alpha value is -2.21. The van der Waals surface area contributed by atoms with Crippen LogP contribution in [0.25, 0.3) is 11.3 Å². The van der Waals surface area contributed by atoms with Crippen molar-refractivity contribution in [3.05, 3.63) is 52.0 Å². The minimum absolute atomic E-state index is 0.295. The number of nitro groups is 1. The number of aliphatic hydroxyl groups excluding tert-OH is 1. The summed E-state index contributed by atoms with van der Waals surface area (Å²) in [7, 11) is 0. The first-order chi connectivity index (χ1) is 8.95. The second kappa shape index (κ2) is 5.19. The lowest BCUT2D eigenvalue weighted by Crippen LogP contribution is -2.02. The van der Waals surface area contributed by atoms with E-state index in [1.54, 1.807) is 19.1 Å². The zero-order chi connectivity index (χ0) is 14.0. The van der Waals surface area contributed by atoms with Gasteiger partial charge in [0.15, 0.2) is 0 Å². The molecule has 100 valence electrons. The fourth-order valence-electron chi connectivity index (χ4n) is 1.76. The van der Waals surface area contributed by atoms with E-state index in [0.717, 1.165) is 12.1 Å². The Bertz CT molecular complexity index is 606. The molecule has 0 saturated heterocycles. The third kappa shape index (κ3) is 3.17. The second-order valence-corrected chi connectivity index (χ2v) is 4.27. The predicted molar refractivity (Wildman–Crippen MR) is 66.1 cm³/mol. The minimum atomic E-state index is -0.697. The summed E-state index contributed by atoms with van der Waals surface area (Å²) in [6.07, 6.45) is -0.224. The third-order valence-electron chi connectivity index (χ3n) is 2.54. The molecular weight excluding hydrogens is 253 g/mol. The molecule has 0 aliphatic heterocycles. The van der Waals surface area contributed by atoms with Crippen LogP contribution in [-0.4, -0.2) is 16.1 Å². The van der Waals surface area contributed by atoms with Gasteiger partial charge in [-0.25, -0.2) is 4.39 Å². The van der Waals surface area contributed by atoms with E-state index in [-0.39, 0.29) is 5.69 Å². The average Bonchev–Trinajstić information content (AvgIpc) is 2.75. The first kappa shape index (κ1) is 13.2. The molecule has 0 radical (unpaired) electrons. The molecule has 0 amide bonds. The maximum Gasteiger partial charge on any atom is 0.273 e. The number of nitrogens with zero attached hydrogens (tertiary/aromatic N) is 1. The zero-order valence-electron chi connectivity index (χ0n) is 10.2. The Kier molecular flexibility index (Phi) is 3.62. The summed E-state index contributed by atoms with van der Waals surface area (Å²) < 4.78 is 18.7. The van der Waals surface area contributed by atoms with Gasteiger partial charge in [-0.1, -0.05) is 0 Å². The normalized spacial score (nSPS) is 12.4. The molecule has 6 heteroatoms. The summed E-state index contributed by atoms with van der Waals surface area (Å²) in [6.45, 7) is 1.62. The van der Waals surface area contributed by atoms with Crippen molar-refractivity contribution in [3.63, 3.8) is 0 Å². The van der Waals surface area contributed by atoms with Crippen LogP contribution in [0.15, 0.2) is 34.7 Å². The molecule has 1 unspecified atom stereocenters. The van der Waals surface area contributed by atoms with Gasteiger partial charge in [0.1, 0.15) is 17.3 Å². The lowest BCUT2D eigenvalue weighted by molar-refractivity contribution is -0.385. The summed E-state index contributed by atoms with van der Waals surface area (Å²) in [6, 6.07) is 6.50. The quantitative estimate of drug-likeness (QED) is 0.681. The fraction of sp³-hybridized carbons (Fsp3) is 0.231. The van der Waals surface area contributed by atoms with Crippen LogP contribution in [0.2, 0.25) is 0 Å². The highest BCUT2D eigenvalue weighted by atomic mass is 19.1. The van der Waals surface area contributed by atoms with E-state index in [9.17, 15) is 19.6 Å². The van der Waals surface area contributed by atoms with Crippen LogP contribution in [0.4, 0.5) is 10.1 Å². The van der Waals surface area contributed by atoms with Crippen molar-refractivity contribution in [2.24, 2.45) is 0 Å². The Morgan fingerprint density at radius 3 is 2.79 bits per heavy atom. The third-order valence-corrected chi connectivity index (χ3v) is 2.54. The van der Waals surface area contributed by atoms with Crippen LogP contribution in [0.5, 0.6) is 0 Å². The molecule has 2 aromatic rings. The molecule has 1 aromatic heterocycles. The number of aliphatic hydroxyl groups is 1. The molecule has 0 bridgehead atoms. The van der Waals surface area contributed by atoms with Crippen molar-refractivity contribution in [1.82, 2.24) is 0 Å². The van der Waals surface area contributed by atoms with Crippen molar-refractivity contribution in [2.45, 2.75) is 19.4 Å². The van der Waals surface area contributed by atoms with Gasteiger partial charge in [0.05, 0.1) is 17.1 Å². The molecule has 0 saturated carbocycles. The lowest BCUT2D eigenvalue weighted by Gasteiger charge is -2.01. The molecule has 1 N–H and O–H groups in total. The van der Waals surface area contributed by atoms with Gasteiger partial charge in [-0.3, -0.25) is 10.1 Å². The van der Waals surface area contributed by atoms with Gasteiger partial charge in [-0.15, -0.1) is 0 Å². The van der Waals surface area contributed by atoms with E-state index in [0.29, 0.717) is 23.5 Å². The van der Waals surface area contributed by atoms with Crippen molar-refractivity contribution in [1.29, 1.82) is 0 Å². The van der Waals surface area contributed by atoms with Crippen molar-refractivity contribution in [3.8, 4) is 11.3 Å². The first-order valence-corrected chi connectivity index (χ1v) is 5.68. The number of nitro benzene ring substituents is 1. The highest BCUT2D eigenvalue weighted by molar-refractivity contribution is 5.61. The van der Waals surface area contributed by atoms with Gasteiger partial charge in [0.2, 0.25) is 0 Å². The number of halogens is 1. The molecule has 19 heavy (non-hydrogen) atoms. The SMILES string of the molecule is CC(O)Cc1ccc(-c2cc(F)cc([N+](=O)[O-])c2)o1. The number of benzene rings is 1. The van der Waals surface area contributed by atoms with Crippen molar-refractivity contribution < 1.29 is 18.8 Å². The molecule has 1 aromatic carbocycles. The van der Waals surface area contributed by atoms with E-state index >= 15 is 0 Å². The molecule has 0 aliphatic rings. The van der Waals surface area contributed by atoms with Gasteiger partial charge < -0.3 is 9.52 Å². The predicted octanol–water partition coefficient (Wildman–Crippen LogP) is 2.92. The number of hydrogen-bond donors (Lipinski definition) is 1. The maximum atomic E-state index is 13.3. The Balaban J connectivity index is 2.36. The van der Waals surface area contributed by atoms with E-state index in [1.807, 2.05) is 0 Å². The Morgan fingerprint density at radius 1 is 1.42 bits per heavy atom. The second-order valence-electron chi connectivity index (χ2n) is 4.27. The van der Waals surface area contributed by atoms with Crippen LogP contribution < -0.4 is 0 Å². The molecule has 5 nitrogen and oxygen atoms in total. The van der Waals surface area contributed by atoms with E-state index in [1.165, 1.54) is 6.07 Å². The van der Waals surface area contributed by atoms with Gasteiger partial charge in [0.25, 0.3) is 5.69 Å². The molecule has 0 fully saturated rings. The molecular formula is C13H12FNO4. The van der Waals surface area contributed by atoms with E-state index < -0.39 is 16.8 Å². The largest absolute Gasteiger partial charge is 0.461 e. The number of furan rings is 1.